The van der Waals surface area contributed by atoms with E-state index in [9.17, 15) is 4.79 Å². The predicted octanol–water partition coefficient (Wildman–Crippen LogP) is 1.97. The lowest BCUT2D eigenvalue weighted by Crippen LogP contribution is -2.21. The number of ether oxygens (including phenoxy) is 1. The molecule has 1 amide bonds. The van der Waals surface area contributed by atoms with Gasteiger partial charge >= 0.3 is 0 Å². The molecule has 1 fully saturated rings. The molecule has 0 aromatic carbocycles. The summed E-state index contributed by atoms with van der Waals surface area (Å²) in [5, 5.41) is 2.65. The van der Waals surface area contributed by atoms with Gasteiger partial charge in [0.05, 0.1) is 0 Å². The molecule has 0 aromatic heterocycles. The van der Waals surface area contributed by atoms with E-state index in [0.29, 0.717) is 12.3 Å². The Kier molecular flexibility index (Phi) is 8.64. The number of amides is 1. The first-order valence-electron chi connectivity index (χ1n) is 5.61. The highest BCUT2D eigenvalue weighted by Crippen LogP contribution is 2.18. The zero-order valence-corrected chi connectivity index (χ0v) is 9.64. The molecule has 0 aliphatic carbocycles. The molecule has 1 saturated heterocycles. The summed E-state index contributed by atoms with van der Waals surface area (Å²) in [6.07, 6.45) is 3.93. The number of carbonyl (C=O) groups excluding carboxylic acids is 1. The summed E-state index contributed by atoms with van der Waals surface area (Å²) in [5.74, 6) is 0.689. The maximum absolute atomic E-state index is 11.0. The highest BCUT2D eigenvalue weighted by molar-refractivity contribution is 5.75. The zero-order valence-electron chi connectivity index (χ0n) is 9.64. The van der Waals surface area contributed by atoms with Gasteiger partial charge in [-0.05, 0) is 25.2 Å². The van der Waals surface area contributed by atoms with Crippen LogP contribution < -0.4 is 5.32 Å². The molecule has 0 saturated carbocycles. The average Bonchev–Trinajstić information content (AvgIpc) is 2.49. The summed E-state index contributed by atoms with van der Waals surface area (Å²) in [5.41, 5.74) is 0. The maximum atomic E-state index is 11.0. The number of nitrogens with one attached hydrogen (secondary N) is 1. The maximum Gasteiger partial charge on any atom is 0.220 e. The van der Waals surface area contributed by atoms with E-state index in [1.165, 1.54) is 0 Å². The van der Waals surface area contributed by atoms with Gasteiger partial charge in [-0.15, -0.1) is 0 Å². The molecule has 14 heavy (non-hydrogen) atoms. The van der Waals surface area contributed by atoms with E-state index in [1.807, 2.05) is 13.8 Å². The molecule has 0 spiro atoms. The molecule has 0 aromatic rings. The van der Waals surface area contributed by atoms with Gasteiger partial charge < -0.3 is 10.1 Å². The minimum atomic E-state index is 0.155. The molecule has 0 radical (unpaired) electrons. The number of hydrogen-bond donors (Lipinski definition) is 1. The molecular weight excluding hydrogens is 178 g/mol. The Morgan fingerprint density at radius 2 is 2.07 bits per heavy atom. The van der Waals surface area contributed by atoms with E-state index >= 15 is 0 Å². The van der Waals surface area contributed by atoms with Gasteiger partial charge in [-0.1, -0.05) is 13.8 Å². The standard InChI is InChI=1S/C9H17NO2.C2H6/c1-10-9(11)7-8-3-2-5-12-6-4-8;1-2/h8H,2-7H2,1H3,(H,10,11);1-2H3. The highest BCUT2D eigenvalue weighted by Gasteiger charge is 2.14. The van der Waals surface area contributed by atoms with Crippen LogP contribution >= 0.6 is 0 Å². The molecule has 1 atom stereocenters. The van der Waals surface area contributed by atoms with Crippen molar-refractivity contribution in [3.8, 4) is 0 Å². The Balaban J connectivity index is 0.000000791. The van der Waals surface area contributed by atoms with Crippen LogP contribution in [0.2, 0.25) is 0 Å². The van der Waals surface area contributed by atoms with Gasteiger partial charge in [-0.3, -0.25) is 4.79 Å². The molecule has 1 unspecified atom stereocenters. The number of hydrogen-bond acceptors (Lipinski definition) is 2. The Labute approximate surface area is 87.2 Å². The molecule has 0 bridgehead atoms. The fourth-order valence-corrected chi connectivity index (χ4v) is 1.54. The summed E-state index contributed by atoms with van der Waals surface area (Å²) in [7, 11) is 1.69. The SMILES string of the molecule is CC.CNC(=O)CC1CCCOCC1. The number of rotatable bonds is 2. The van der Waals surface area contributed by atoms with Gasteiger partial charge in [0.1, 0.15) is 0 Å². The third-order valence-corrected chi connectivity index (χ3v) is 2.32. The Morgan fingerprint density at radius 1 is 1.36 bits per heavy atom. The normalized spacial score (nSPS) is 21.5. The first-order valence-corrected chi connectivity index (χ1v) is 5.61. The summed E-state index contributed by atoms with van der Waals surface area (Å²) < 4.78 is 5.31. The zero-order chi connectivity index (χ0) is 10.8. The van der Waals surface area contributed by atoms with Gasteiger partial charge in [0, 0.05) is 26.7 Å². The van der Waals surface area contributed by atoms with Gasteiger partial charge in [0.15, 0.2) is 0 Å². The molecule has 1 aliphatic rings. The third kappa shape index (κ3) is 5.97. The van der Waals surface area contributed by atoms with E-state index in [2.05, 4.69) is 5.32 Å². The number of carbonyl (C=O) groups is 1. The highest BCUT2D eigenvalue weighted by atomic mass is 16.5. The lowest BCUT2D eigenvalue weighted by atomic mass is 9.97. The minimum Gasteiger partial charge on any atom is -0.381 e. The van der Waals surface area contributed by atoms with E-state index in [0.717, 1.165) is 32.5 Å². The van der Waals surface area contributed by atoms with E-state index < -0.39 is 0 Å². The van der Waals surface area contributed by atoms with Crippen molar-refractivity contribution in [2.45, 2.75) is 39.5 Å². The molecular formula is C11H23NO2. The largest absolute Gasteiger partial charge is 0.381 e. The van der Waals surface area contributed by atoms with Crippen molar-refractivity contribution in [2.24, 2.45) is 5.92 Å². The molecule has 1 heterocycles. The van der Waals surface area contributed by atoms with Crippen LogP contribution in [0.1, 0.15) is 39.5 Å². The summed E-state index contributed by atoms with van der Waals surface area (Å²) in [6, 6.07) is 0. The lowest BCUT2D eigenvalue weighted by Gasteiger charge is -2.10. The fraction of sp³-hybridized carbons (Fsp3) is 0.909. The van der Waals surface area contributed by atoms with Crippen LogP contribution in [0.3, 0.4) is 0 Å². The van der Waals surface area contributed by atoms with Crippen molar-refractivity contribution < 1.29 is 9.53 Å². The first-order chi connectivity index (χ1) is 6.83. The van der Waals surface area contributed by atoms with Gasteiger partial charge in [-0.25, -0.2) is 0 Å². The summed E-state index contributed by atoms with van der Waals surface area (Å²) in [4.78, 5) is 11.0. The van der Waals surface area contributed by atoms with Crippen LogP contribution in [0, 0.1) is 5.92 Å². The molecule has 1 rings (SSSR count). The molecule has 3 nitrogen and oxygen atoms in total. The van der Waals surface area contributed by atoms with Gasteiger partial charge in [0.25, 0.3) is 0 Å². The van der Waals surface area contributed by atoms with Crippen molar-refractivity contribution in [2.75, 3.05) is 20.3 Å². The summed E-state index contributed by atoms with van der Waals surface area (Å²) in [6.45, 7) is 5.69. The van der Waals surface area contributed by atoms with Crippen molar-refractivity contribution >= 4 is 5.91 Å². The Bertz CT molecular complexity index is 140. The predicted molar refractivity (Wildman–Crippen MR) is 58.2 cm³/mol. The van der Waals surface area contributed by atoms with Crippen LogP contribution in [-0.2, 0) is 9.53 Å². The second-order valence-electron chi connectivity index (χ2n) is 3.29. The second kappa shape index (κ2) is 9.00. The average molecular weight is 201 g/mol. The van der Waals surface area contributed by atoms with Crippen molar-refractivity contribution in [3.63, 3.8) is 0 Å². The Hall–Kier alpha value is -0.570. The minimum absolute atomic E-state index is 0.155. The van der Waals surface area contributed by atoms with Crippen molar-refractivity contribution in [1.29, 1.82) is 0 Å². The second-order valence-corrected chi connectivity index (χ2v) is 3.29. The van der Waals surface area contributed by atoms with Crippen LogP contribution in [0.4, 0.5) is 0 Å². The van der Waals surface area contributed by atoms with Crippen LogP contribution in [0.15, 0.2) is 0 Å². The topological polar surface area (TPSA) is 38.3 Å². The smallest absolute Gasteiger partial charge is 0.220 e. The fourth-order valence-electron chi connectivity index (χ4n) is 1.54. The van der Waals surface area contributed by atoms with Crippen molar-refractivity contribution in [3.05, 3.63) is 0 Å². The van der Waals surface area contributed by atoms with Gasteiger partial charge in [0.2, 0.25) is 5.91 Å². The van der Waals surface area contributed by atoms with E-state index in [-0.39, 0.29) is 5.91 Å². The molecule has 1 aliphatic heterocycles. The summed E-state index contributed by atoms with van der Waals surface area (Å²) >= 11 is 0. The quantitative estimate of drug-likeness (QED) is 0.741. The molecule has 1 N–H and O–H groups in total. The lowest BCUT2D eigenvalue weighted by molar-refractivity contribution is -0.121. The third-order valence-electron chi connectivity index (χ3n) is 2.32. The molecule has 84 valence electrons. The Morgan fingerprint density at radius 3 is 2.71 bits per heavy atom. The van der Waals surface area contributed by atoms with E-state index in [1.54, 1.807) is 7.05 Å². The van der Waals surface area contributed by atoms with Gasteiger partial charge in [-0.2, -0.15) is 0 Å². The van der Waals surface area contributed by atoms with Crippen LogP contribution in [-0.4, -0.2) is 26.2 Å². The first kappa shape index (κ1) is 13.4. The van der Waals surface area contributed by atoms with Crippen molar-refractivity contribution in [1.82, 2.24) is 5.32 Å². The molecule has 3 heteroatoms. The van der Waals surface area contributed by atoms with Crippen LogP contribution in [0.5, 0.6) is 0 Å². The van der Waals surface area contributed by atoms with Crippen LogP contribution in [0.25, 0.3) is 0 Å². The van der Waals surface area contributed by atoms with E-state index in [4.69, 9.17) is 4.74 Å². The monoisotopic (exact) mass is 201 g/mol.